The van der Waals surface area contributed by atoms with E-state index in [0.29, 0.717) is 30.0 Å². The first-order valence-electron chi connectivity index (χ1n) is 15.7. The van der Waals surface area contributed by atoms with Crippen LogP contribution in [0.15, 0.2) is 49.1 Å². The molecule has 8 nitrogen and oxygen atoms in total. The number of amides is 1. The highest BCUT2D eigenvalue weighted by Crippen LogP contribution is 2.41. The normalized spacial score (nSPS) is 17.7. The van der Waals surface area contributed by atoms with E-state index in [1.807, 2.05) is 29.4 Å². The second kappa shape index (κ2) is 13.3. The summed E-state index contributed by atoms with van der Waals surface area (Å²) in [6, 6.07) is 9.01. The largest absolute Gasteiger partial charge is 0.347 e. The molecule has 41 heavy (non-hydrogen) atoms. The molecule has 0 bridgehead atoms. The molecule has 8 heteroatoms. The van der Waals surface area contributed by atoms with Crippen molar-refractivity contribution in [3.8, 4) is 0 Å². The standard InChI is InChI=1S/C33H49N7O/c1-5-29(6-2)38-18-12-33(13-19-38)11-17-37(25-33)22-27-7-9-28(10-8-27)32(41)40(23-30-34-14-15-35-30)24-31-36-16-20-39(31)21-26(3)4/h7-10,14-16,20,26,29H,5-6,11-13,17-19,21-25H2,1-4H3,(H,34,35). The summed E-state index contributed by atoms with van der Waals surface area (Å²) in [4.78, 5) is 33.0. The summed E-state index contributed by atoms with van der Waals surface area (Å²) in [5, 5.41) is 0. The maximum Gasteiger partial charge on any atom is 0.254 e. The molecule has 1 amide bonds. The van der Waals surface area contributed by atoms with Gasteiger partial charge in [-0.05, 0) is 80.8 Å². The number of carbonyl (C=O) groups excluding carboxylic acids is 1. The maximum absolute atomic E-state index is 13.7. The zero-order valence-corrected chi connectivity index (χ0v) is 25.6. The molecule has 2 aliphatic rings. The molecule has 3 aromatic rings. The quantitative estimate of drug-likeness (QED) is 0.314. The summed E-state index contributed by atoms with van der Waals surface area (Å²) in [6.45, 7) is 16.6. The summed E-state index contributed by atoms with van der Waals surface area (Å²) in [7, 11) is 0. The number of likely N-dealkylation sites (tertiary alicyclic amines) is 2. The monoisotopic (exact) mass is 559 g/mol. The van der Waals surface area contributed by atoms with Crippen molar-refractivity contribution in [1.29, 1.82) is 0 Å². The second-order valence-corrected chi connectivity index (χ2v) is 12.8. The zero-order valence-electron chi connectivity index (χ0n) is 25.6. The van der Waals surface area contributed by atoms with E-state index < -0.39 is 0 Å². The lowest BCUT2D eigenvalue weighted by Gasteiger charge is -2.42. The molecule has 2 fully saturated rings. The van der Waals surface area contributed by atoms with E-state index in [1.165, 1.54) is 63.8 Å². The van der Waals surface area contributed by atoms with Gasteiger partial charge in [0, 0.05) is 56.0 Å². The van der Waals surface area contributed by atoms with Gasteiger partial charge < -0.3 is 19.4 Å². The number of hydrogen-bond acceptors (Lipinski definition) is 5. The van der Waals surface area contributed by atoms with Crippen LogP contribution in [0.5, 0.6) is 0 Å². The molecule has 1 spiro atoms. The van der Waals surface area contributed by atoms with Crippen LogP contribution in [0.4, 0.5) is 0 Å². The molecular weight excluding hydrogens is 510 g/mol. The Morgan fingerprint density at radius 1 is 1.00 bits per heavy atom. The Kier molecular flexibility index (Phi) is 9.60. The number of hydrogen-bond donors (Lipinski definition) is 1. The van der Waals surface area contributed by atoms with Crippen LogP contribution in [0.2, 0.25) is 0 Å². The lowest BCUT2D eigenvalue weighted by atomic mass is 9.77. The van der Waals surface area contributed by atoms with Crippen molar-refractivity contribution in [2.75, 3.05) is 26.2 Å². The van der Waals surface area contributed by atoms with Crippen molar-refractivity contribution in [1.82, 2.24) is 34.2 Å². The van der Waals surface area contributed by atoms with Gasteiger partial charge in [0.2, 0.25) is 0 Å². The molecule has 0 radical (unpaired) electrons. The Balaban J connectivity index is 1.20. The number of aromatic amines is 1. The lowest BCUT2D eigenvalue weighted by molar-refractivity contribution is 0.0719. The van der Waals surface area contributed by atoms with Crippen molar-refractivity contribution in [3.05, 3.63) is 71.8 Å². The Bertz CT molecular complexity index is 1220. The summed E-state index contributed by atoms with van der Waals surface area (Å²) in [5.74, 6) is 2.16. The summed E-state index contributed by atoms with van der Waals surface area (Å²) >= 11 is 0. The van der Waals surface area contributed by atoms with Gasteiger partial charge in [0.15, 0.2) is 0 Å². The third-order valence-electron chi connectivity index (χ3n) is 9.32. The van der Waals surface area contributed by atoms with Crippen LogP contribution in [-0.4, -0.2) is 72.3 Å². The van der Waals surface area contributed by atoms with E-state index in [0.717, 1.165) is 30.8 Å². The van der Waals surface area contributed by atoms with E-state index in [1.54, 1.807) is 12.4 Å². The number of nitrogens with one attached hydrogen (secondary N) is 1. The van der Waals surface area contributed by atoms with Crippen molar-refractivity contribution >= 4 is 5.91 Å². The smallest absolute Gasteiger partial charge is 0.254 e. The molecule has 0 aliphatic carbocycles. The number of rotatable bonds is 12. The SMILES string of the molecule is CCC(CC)N1CCC2(CCN(Cc3ccc(C(=O)N(Cc4ncc[nH]4)Cc4nccn4CC(C)C)cc3)C2)CC1. The number of piperidine rings is 1. The van der Waals surface area contributed by atoms with Crippen LogP contribution in [0.25, 0.3) is 0 Å². The van der Waals surface area contributed by atoms with Crippen molar-refractivity contribution < 1.29 is 4.79 Å². The first-order valence-corrected chi connectivity index (χ1v) is 15.7. The number of benzene rings is 1. The number of carbonyl (C=O) groups is 1. The van der Waals surface area contributed by atoms with Gasteiger partial charge in [-0.25, -0.2) is 9.97 Å². The first-order chi connectivity index (χ1) is 19.9. The van der Waals surface area contributed by atoms with Crippen molar-refractivity contribution in [3.63, 3.8) is 0 Å². The van der Waals surface area contributed by atoms with Crippen LogP contribution in [0.1, 0.15) is 87.4 Å². The lowest BCUT2D eigenvalue weighted by Crippen LogP contribution is -2.45. The van der Waals surface area contributed by atoms with Crippen LogP contribution < -0.4 is 0 Å². The molecule has 222 valence electrons. The van der Waals surface area contributed by atoms with Gasteiger partial charge in [-0.15, -0.1) is 0 Å². The second-order valence-electron chi connectivity index (χ2n) is 12.8. The molecule has 5 rings (SSSR count). The fraction of sp³-hybridized carbons (Fsp3) is 0.606. The van der Waals surface area contributed by atoms with Gasteiger partial charge in [-0.2, -0.15) is 0 Å². The van der Waals surface area contributed by atoms with E-state index in [9.17, 15) is 4.79 Å². The highest BCUT2D eigenvalue weighted by atomic mass is 16.2. The van der Waals surface area contributed by atoms with Gasteiger partial charge in [-0.1, -0.05) is 39.8 Å². The third-order valence-corrected chi connectivity index (χ3v) is 9.32. The third kappa shape index (κ3) is 7.28. The molecule has 2 aromatic heterocycles. The Labute approximate surface area is 246 Å². The minimum Gasteiger partial charge on any atom is -0.347 e. The van der Waals surface area contributed by atoms with Gasteiger partial charge in [0.1, 0.15) is 11.6 Å². The molecular formula is C33H49N7O. The number of H-pyrrole nitrogens is 1. The molecule has 2 aliphatic heterocycles. The van der Waals surface area contributed by atoms with Crippen LogP contribution in [0, 0.1) is 11.3 Å². The minimum atomic E-state index is -0.00334. The van der Waals surface area contributed by atoms with Gasteiger partial charge in [-0.3, -0.25) is 9.69 Å². The van der Waals surface area contributed by atoms with Gasteiger partial charge in [0.05, 0.1) is 13.1 Å². The first kappa shape index (κ1) is 29.5. The average Bonchev–Trinajstić information content (AvgIpc) is 3.73. The van der Waals surface area contributed by atoms with Gasteiger partial charge in [0.25, 0.3) is 5.91 Å². The molecule has 4 heterocycles. The summed E-state index contributed by atoms with van der Waals surface area (Å²) in [5.41, 5.74) is 2.47. The maximum atomic E-state index is 13.7. The summed E-state index contributed by atoms with van der Waals surface area (Å²) < 4.78 is 2.15. The Hall–Kier alpha value is -2.97. The van der Waals surface area contributed by atoms with E-state index in [2.05, 4.69) is 69.1 Å². The molecule has 1 N–H and O–H groups in total. The van der Waals surface area contributed by atoms with Crippen molar-refractivity contribution in [2.45, 2.75) is 92.0 Å². The summed E-state index contributed by atoms with van der Waals surface area (Å²) in [6.07, 6.45) is 13.8. The van der Waals surface area contributed by atoms with Crippen LogP contribution in [-0.2, 0) is 26.2 Å². The Morgan fingerprint density at radius 2 is 1.73 bits per heavy atom. The molecule has 0 saturated carbocycles. The molecule has 0 atom stereocenters. The number of nitrogens with zero attached hydrogens (tertiary/aromatic N) is 6. The fourth-order valence-corrected chi connectivity index (χ4v) is 6.92. The zero-order chi connectivity index (χ0) is 28.8. The fourth-order valence-electron chi connectivity index (χ4n) is 6.92. The number of aromatic nitrogens is 4. The van der Waals surface area contributed by atoms with E-state index in [4.69, 9.17) is 0 Å². The number of imidazole rings is 2. The van der Waals surface area contributed by atoms with E-state index in [-0.39, 0.29) is 5.91 Å². The molecule has 0 unspecified atom stereocenters. The van der Waals surface area contributed by atoms with Gasteiger partial charge >= 0.3 is 0 Å². The topological polar surface area (TPSA) is 73.3 Å². The predicted molar refractivity (Wildman–Crippen MR) is 163 cm³/mol. The Morgan fingerprint density at radius 3 is 2.39 bits per heavy atom. The minimum absolute atomic E-state index is 0.00334. The highest BCUT2D eigenvalue weighted by Gasteiger charge is 2.41. The molecule has 1 aromatic carbocycles. The highest BCUT2D eigenvalue weighted by molar-refractivity contribution is 5.94. The van der Waals surface area contributed by atoms with Crippen LogP contribution in [0.3, 0.4) is 0 Å². The van der Waals surface area contributed by atoms with Crippen molar-refractivity contribution in [2.24, 2.45) is 11.3 Å². The predicted octanol–water partition coefficient (Wildman–Crippen LogP) is 5.58. The molecule has 2 saturated heterocycles. The van der Waals surface area contributed by atoms with Crippen LogP contribution >= 0.6 is 0 Å². The average molecular weight is 560 g/mol. The van der Waals surface area contributed by atoms with E-state index >= 15 is 0 Å².